The molecule has 0 aromatic heterocycles. The van der Waals surface area contributed by atoms with Crippen molar-refractivity contribution >= 4 is 5.97 Å². The van der Waals surface area contributed by atoms with Crippen LogP contribution in [0, 0.1) is 0 Å². The summed E-state index contributed by atoms with van der Waals surface area (Å²) in [6, 6.07) is 0. The van der Waals surface area contributed by atoms with Crippen molar-refractivity contribution in [2.45, 2.75) is 12.3 Å². The maximum absolute atomic E-state index is 12.3. The van der Waals surface area contributed by atoms with Gasteiger partial charge in [-0.05, 0) is 6.42 Å². The third-order valence-electron chi connectivity index (χ3n) is 1.23. The Morgan fingerprint density at radius 3 is 2.54 bits per heavy atom. The third kappa shape index (κ3) is 5.48. The highest BCUT2D eigenvalue weighted by Crippen LogP contribution is 2.13. The van der Waals surface area contributed by atoms with Crippen molar-refractivity contribution in [3.05, 3.63) is 0 Å². The first kappa shape index (κ1) is 12.2. The second kappa shape index (κ2) is 5.82. The smallest absolute Gasteiger partial charge is 0.377 e. The van der Waals surface area contributed by atoms with E-state index in [-0.39, 0.29) is 6.61 Å². The Morgan fingerprint density at radius 1 is 1.46 bits per heavy atom. The lowest BCUT2D eigenvalue weighted by Crippen LogP contribution is -2.33. The van der Waals surface area contributed by atoms with Gasteiger partial charge in [0.05, 0.1) is 0 Å². The molecule has 6 heteroatoms. The fraction of sp³-hybridized carbons (Fsp3) is 0.857. The summed E-state index contributed by atoms with van der Waals surface area (Å²) in [5, 5.41) is 7.99. The summed E-state index contributed by atoms with van der Waals surface area (Å²) in [5.74, 6) is -5.97. The van der Waals surface area contributed by atoms with E-state index < -0.39 is 18.5 Å². The summed E-state index contributed by atoms with van der Waals surface area (Å²) in [5.41, 5.74) is 0. The number of carboxylic acids is 1. The van der Waals surface area contributed by atoms with Crippen LogP contribution in [-0.4, -0.2) is 43.9 Å². The Labute approximate surface area is 74.4 Å². The molecule has 0 rings (SSSR count). The molecule has 0 aliphatic heterocycles. The van der Waals surface area contributed by atoms with Crippen molar-refractivity contribution in [1.29, 1.82) is 0 Å². The van der Waals surface area contributed by atoms with Gasteiger partial charge in [0.25, 0.3) is 0 Å². The molecule has 0 fully saturated rings. The highest BCUT2D eigenvalue weighted by Gasteiger charge is 2.38. The van der Waals surface area contributed by atoms with Crippen LogP contribution in [0.2, 0.25) is 0 Å². The van der Waals surface area contributed by atoms with Gasteiger partial charge < -0.3 is 14.6 Å². The van der Waals surface area contributed by atoms with Crippen LogP contribution in [-0.2, 0) is 14.3 Å². The summed E-state index contributed by atoms with van der Waals surface area (Å²) in [6.45, 7) is -0.624. The number of ether oxygens (including phenoxy) is 2. The van der Waals surface area contributed by atoms with E-state index in [1.807, 2.05) is 0 Å². The molecule has 0 heterocycles. The van der Waals surface area contributed by atoms with Crippen LogP contribution in [0.5, 0.6) is 0 Å². The van der Waals surface area contributed by atoms with Crippen molar-refractivity contribution in [2.75, 3.05) is 26.9 Å². The zero-order valence-corrected chi connectivity index (χ0v) is 7.26. The first-order valence-corrected chi connectivity index (χ1v) is 3.68. The molecule has 0 aromatic carbocycles. The lowest BCUT2D eigenvalue weighted by Gasteiger charge is -2.10. The van der Waals surface area contributed by atoms with Gasteiger partial charge in [-0.1, -0.05) is 0 Å². The second-order valence-electron chi connectivity index (χ2n) is 2.41. The molecular weight excluding hydrogens is 186 g/mol. The van der Waals surface area contributed by atoms with Gasteiger partial charge in [0.1, 0.15) is 6.61 Å². The fourth-order valence-corrected chi connectivity index (χ4v) is 0.567. The van der Waals surface area contributed by atoms with Crippen molar-refractivity contribution in [3.63, 3.8) is 0 Å². The third-order valence-corrected chi connectivity index (χ3v) is 1.23. The van der Waals surface area contributed by atoms with Gasteiger partial charge in [-0.3, -0.25) is 0 Å². The molecule has 0 unspecified atom stereocenters. The van der Waals surface area contributed by atoms with E-state index in [1.54, 1.807) is 0 Å². The summed E-state index contributed by atoms with van der Waals surface area (Å²) in [6.07, 6.45) is 0.464. The Morgan fingerprint density at radius 2 is 2.08 bits per heavy atom. The number of methoxy groups -OCH3 is 1. The number of halogens is 2. The average Bonchev–Trinajstić information content (AvgIpc) is 2.03. The van der Waals surface area contributed by atoms with E-state index in [1.165, 1.54) is 7.11 Å². The monoisotopic (exact) mass is 198 g/mol. The SMILES string of the molecule is COCCCOCC(F)(F)C(=O)O. The maximum atomic E-state index is 12.3. The van der Waals surface area contributed by atoms with Crippen LogP contribution in [0.1, 0.15) is 6.42 Å². The maximum Gasteiger partial charge on any atom is 0.377 e. The van der Waals surface area contributed by atoms with E-state index in [2.05, 4.69) is 9.47 Å². The van der Waals surface area contributed by atoms with Crippen molar-refractivity contribution in [3.8, 4) is 0 Å². The molecule has 0 saturated carbocycles. The molecule has 0 aliphatic carbocycles. The van der Waals surface area contributed by atoms with Gasteiger partial charge in [0.2, 0.25) is 0 Å². The van der Waals surface area contributed by atoms with Gasteiger partial charge in [-0.2, -0.15) is 8.78 Å². The highest BCUT2D eigenvalue weighted by atomic mass is 19.3. The fourth-order valence-electron chi connectivity index (χ4n) is 0.567. The lowest BCUT2D eigenvalue weighted by atomic mass is 10.4. The predicted octanol–water partition coefficient (Wildman–Crippen LogP) is 0.759. The van der Waals surface area contributed by atoms with Gasteiger partial charge in [0, 0.05) is 20.3 Å². The molecule has 0 atom stereocenters. The van der Waals surface area contributed by atoms with Gasteiger partial charge in [0.15, 0.2) is 0 Å². The van der Waals surface area contributed by atoms with Gasteiger partial charge in [-0.15, -0.1) is 0 Å². The normalized spacial score (nSPS) is 11.6. The van der Waals surface area contributed by atoms with Gasteiger partial charge >= 0.3 is 11.9 Å². The Hall–Kier alpha value is -0.750. The minimum absolute atomic E-state index is 0.0662. The molecule has 0 bridgehead atoms. The minimum Gasteiger partial charge on any atom is -0.477 e. The second-order valence-corrected chi connectivity index (χ2v) is 2.41. The molecular formula is C7H12F2O4. The molecule has 0 spiro atoms. The molecule has 13 heavy (non-hydrogen) atoms. The average molecular weight is 198 g/mol. The number of alkyl halides is 2. The molecule has 0 amide bonds. The molecule has 0 aromatic rings. The number of hydrogen-bond acceptors (Lipinski definition) is 3. The van der Waals surface area contributed by atoms with Crippen LogP contribution in [0.25, 0.3) is 0 Å². The number of carbonyl (C=O) groups is 1. The van der Waals surface area contributed by atoms with E-state index in [9.17, 15) is 13.6 Å². The predicted molar refractivity (Wildman–Crippen MR) is 39.9 cm³/mol. The quantitative estimate of drug-likeness (QED) is 0.613. The zero-order valence-electron chi connectivity index (χ0n) is 7.26. The van der Waals surface area contributed by atoms with Crippen LogP contribution in [0.3, 0.4) is 0 Å². The first-order valence-electron chi connectivity index (χ1n) is 3.68. The molecule has 0 radical (unpaired) electrons. The summed E-state index contributed by atoms with van der Waals surface area (Å²) < 4.78 is 33.7. The van der Waals surface area contributed by atoms with Crippen LogP contribution < -0.4 is 0 Å². The molecule has 0 aliphatic rings. The Kier molecular flexibility index (Phi) is 5.48. The summed E-state index contributed by atoms with van der Waals surface area (Å²) in [7, 11) is 1.48. The minimum atomic E-state index is -3.80. The van der Waals surface area contributed by atoms with Crippen molar-refractivity contribution < 1.29 is 28.2 Å². The zero-order chi connectivity index (χ0) is 10.3. The van der Waals surface area contributed by atoms with Crippen molar-refractivity contribution in [2.24, 2.45) is 0 Å². The van der Waals surface area contributed by atoms with E-state index in [4.69, 9.17) is 5.11 Å². The van der Waals surface area contributed by atoms with Gasteiger partial charge in [-0.25, -0.2) is 4.79 Å². The molecule has 1 N–H and O–H groups in total. The standard InChI is InChI=1S/C7H12F2O4/c1-12-3-2-4-13-5-7(8,9)6(10)11/h2-5H2,1H3,(H,10,11). The van der Waals surface area contributed by atoms with Crippen molar-refractivity contribution in [1.82, 2.24) is 0 Å². The van der Waals surface area contributed by atoms with Crippen LogP contribution in [0.4, 0.5) is 8.78 Å². The number of carboxylic acid groups (broad SMARTS) is 1. The number of aliphatic carboxylic acids is 1. The van der Waals surface area contributed by atoms with E-state index in [0.717, 1.165) is 0 Å². The Balaban J connectivity index is 3.46. The first-order chi connectivity index (χ1) is 6.00. The number of rotatable bonds is 7. The Bertz CT molecular complexity index is 161. The molecule has 4 nitrogen and oxygen atoms in total. The van der Waals surface area contributed by atoms with Crippen LogP contribution in [0.15, 0.2) is 0 Å². The lowest BCUT2D eigenvalue weighted by molar-refractivity contribution is -0.173. The topological polar surface area (TPSA) is 55.8 Å². The highest BCUT2D eigenvalue weighted by molar-refractivity contribution is 5.75. The summed E-state index contributed by atoms with van der Waals surface area (Å²) >= 11 is 0. The molecule has 78 valence electrons. The molecule has 0 saturated heterocycles. The van der Waals surface area contributed by atoms with E-state index in [0.29, 0.717) is 13.0 Å². The van der Waals surface area contributed by atoms with Crippen LogP contribution >= 0.6 is 0 Å². The number of hydrogen-bond donors (Lipinski definition) is 1. The largest absolute Gasteiger partial charge is 0.477 e. The van der Waals surface area contributed by atoms with E-state index >= 15 is 0 Å². The summed E-state index contributed by atoms with van der Waals surface area (Å²) in [4.78, 5) is 9.89.